The van der Waals surface area contributed by atoms with Crippen LogP contribution in [-0.4, -0.2) is 61.0 Å². The molecule has 1 N–H and O–H groups in total. The van der Waals surface area contributed by atoms with Gasteiger partial charge in [-0.15, -0.1) is 0 Å². The first kappa shape index (κ1) is 18.4. The Labute approximate surface area is 133 Å². The number of hydrogen-bond acceptors (Lipinski definition) is 5. The van der Waals surface area contributed by atoms with Crippen LogP contribution in [0.4, 0.5) is 5.95 Å². The van der Waals surface area contributed by atoms with Gasteiger partial charge >= 0.3 is 0 Å². The Bertz CT molecular complexity index is 444. The molecule has 6 nitrogen and oxygen atoms in total. The van der Waals surface area contributed by atoms with Crippen LogP contribution in [0.15, 0.2) is 12.3 Å². The first-order valence-corrected chi connectivity index (χ1v) is 8.09. The molecule has 1 amide bonds. The number of amides is 1. The highest BCUT2D eigenvalue weighted by atomic mass is 16.1. The SMILES string of the molecule is CCCN(CCC)c1nccc(C(=O)NCCCN(C)C)n1. The maximum absolute atomic E-state index is 12.1. The zero-order chi connectivity index (χ0) is 16.4. The van der Waals surface area contributed by atoms with Crippen LogP contribution in [-0.2, 0) is 0 Å². The van der Waals surface area contributed by atoms with Crippen molar-refractivity contribution in [2.45, 2.75) is 33.1 Å². The standard InChI is InChI=1S/C16H29N5O/c1-5-11-21(12-6-2)16-18-10-8-14(19-16)15(22)17-9-7-13-20(3)4/h8,10H,5-7,9,11-13H2,1-4H3,(H,17,22). The molecule has 1 aromatic rings. The lowest BCUT2D eigenvalue weighted by atomic mass is 10.3. The molecule has 1 aromatic heterocycles. The van der Waals surface area contributed by atoms with E-state index in [-0.39, 0.29) is 5.91 Å². The molecule has 0 aliphatic heterocycles. The first-order valence-electron chi connectivity index (χ1n) is 8.09. The number of hydrogen-bond donors (Lipinski definition) is 1. The Morgan fingerprint density at radius 1 is 1.18 bits per heavy atom. The zero-order valence-corrected chi connectivity index (χ0v) is 14.3. The molecule has 0 saturated carbocycles. The van der Waals surface area contributed by atoms with Crippen molar-refractivity contribution in [1.82, 2.24) is 20.2 Å². The maximum Gasteiger partial charge on any atom is 0.270 e. The third kappa shape index (κ3) is 6.39. The Balaban J connectivity index is 2.63. The summed E-state index contributed by atoms with van der Waals surface area (Å²) in [5.74, 6) is 0.514. The zero-order valence-electron chi connectivity index (χ0n) is 14.3. The van der Waals surface area contributed by atoms with Gasteiger partial charge in [0.25, 0.3) is 5.91 Å². The Kier molecular flexibility index (Phi) is 8.43. The van der Waals surface area contributed by atoms with E-state index in [0.717, 1.165) is 38.9 Å². The highest BCUT2D eigenvalue weighted by Crippen LogP contribution is 2.09. The summed E-state index contributed by atoms with van der Waals surface area (Å²) in [6.45, 7) is 7.68. The average molecular weight is 307 g/mol. The lowest BCUT2D eigenvalue weighted by Gasteiger charge is -2.21. The van der Waals surface area contributed by atoms with Crippen LogP contribution in [0.25, 0.3) is 0 Å². The van der Waals surface area contributed by atoms with E-state index in [2.05, 4.69) is 38.9 Å². The molecule has 6 heteroatoms. The van der Waals surface area contributed by atoms with Gasteiger partial charge in [0.15, 0.2) is 0 Å². The van der Waals surface area contributed by atoms with E-state index in [1.54, 1.807) is 12.3 Å². The van der Waals surface area contributed by atoms with Crippen molar-refractivity contribution >= 4 is 11.9 Å². The van der Waals surface area contributed by atoms with Crippen molar-refractivity contribution in [2.75, 3.05) is 45.2 Å². The predicted molar refractivity (Wildman–Crippen MR) is 90.3 cm³/mol. The van der Waals surface area contributed by atoms with Crippen LogP contribution in [0, 0.1) is 0 Å². The smallest absolute Gasteiger partial charge is 0.270 e. The van der Waals surface area contributed by atoms with E-state index >= 15 is 0 Å². The van der Waals surface area contributed by atoms with E-state index in [1.165, 1.54) is 0 Å². The lowest BCUT2D eigenvalue weighted by Crippen LogP contribution is -2.30. The number of carbonyl (C=O) groups is 1. The largest absolute Gasteiger partial charge is 0.351 e. The van der Waals surface area contributed by atoms with E-state index in [0.29, 0.717) is 18.2 Å². The minimum atomic E-state index is -0.129. The monoisotopic (exact) mass is 307 g/mol. The molecular formula is C16H29N5O. The van der Waals surface area contributed by atoms with Gasteiger partial charge in [-0.05, 0) is 46.0 Å². The fraction of sp³-hybridized carbons (Fsp3) is 0.688. The van der Waals surface area contributed by atoms with Gasteiger partial charge in [0, 0.05) is 25.8 Å². The van der Waals surface area contributed by atoms with Crippen molar-refractivity contribution < 1.29 is 4.79 Å². The summed E-state index contributed by atoms with van der Waals surface area (Å²) < 4.78 is 0. The first-order chi connectivity index (χ1) is 10.6. The quantitative estimate of drug-likeness (QED) is 0.668. The summed E-state index contributed by atoms with van der Waals surface area (Å²) in [5, 5.41) is 2.91. The average Bonchev–Trinajstić information content (AvgIpc) is 2.51. The molecule has 0 radical (unpaired) electrons. The van der Waals surface area contributed by atoms with Gasteiger partial charge in [-0.25, -0.2) is 9.97 Å². The molecule has 0 fully saturated rings. The second-order valence-corrected chi connectivity index (χ2v) is 5.64. The highest BCUT2D eigenvalue weighted by Gasteiger charge is 2.12. The van der Waals surface area contributed by atoms with Gasteiger partial charge in [-0.1, -0.05) is 13.8 Å². The molecule has 1 rings (SSSR count). The lowest BCUT2D eigenvalue weighted by molar-refractivity contribution is 0.0947. The van der Waals surface area contributed by atoms with E-state index in [9.17, 15) is 4.79 Å². The fourth-order valence-electron chi connectivity index (χ4n) is 2.17. The molecule has 1 heterocycles. The Morgan fingerprint density at radius 3 is 2.45 bits per heavy atom. The second kappa shape index (κ2) is 10.1. The van der Waals surface area contributed by atoms with Crippen molar-refractivity contribution in [3.63, 3.8) is 0 Å². The van der Waals surface area contributed by atoms with Crippen LogP contribution in [0.1, 0.15) is 43.6 Å². The van der Waals surface area contributed by atoms with Crippen molar-refractivity contribution in [1.29, 1.82) is 0 Å². The number of aromatic nitrogens is 2. The molecule has 0 aliphatic rings. The summed E-state index contributed by atoms with van der Waals surface area (Å²) in [6, 6.07) is 1.67. The predicted octanol–water partition coefficient (Wildman–Crippen LogP) is 1.78. The number of anilines is 1. The molecule has 0 spiro atoms. The van der Waals surface area contributed by atoms with Crippen molar-refractivity contribution in [3.05, 3.63) is 18.0 Å². The summed E-state index contributed by atoms with van der Waals surface area (Å²) in [5.41, 5.74) is 0.437. The minimum absolute atomic E-state index is 0.129. The van der Waals surface area contributed by atoms with Crippen molar-refractivity contribution in [3.8, 4) is 0 Å². The van der Waals surface area contributed by atoms with E-state index in [1.807, 2.05) is 14.1 Å². The Hall–Kier alpha value is -1.69. The van der Waals surface area contributed by atoms with Gasteiger partial charge < -0.3 is 15.1 Å². The van der Waals surface area contributed by atoms with Crippen LogP contribution in [0.2, 0.25) is 0 Å². The van der Waals surface area contributed by atoms with Crippen LogP contribution in [0.3, 0.4) is 0 Å². The summed E-state index contributed by atoms with van der Waals surface area (Å²) in [7, 11) is 4.04. The molecule has 22 heavy (non-hydrogen) atoms. The number of nitrogens with zero attached hydrogens (tertiary/aromatic N) is 4. The molecule has 124 valence electrons. The third-order valence-corrected chi connectivity index (χ3v) is 3.21. The molecule has 0 saturated heterocycles. The van der Waals surface area contributed by atoms with E-state index < -0.39 is 0 Å². The minimum Gasteiger partial charge on any atom is -0.351 e. The van der Waals surface area contributed by atoms with Gasteiger partial charge in [0.2, 0.25) is 5.95 Å². The van der Waals surface area contributed by atoms with Gasteiger partial charge in [0.1, 0.15) is 5.69 Å². The van der Waals surface area contributed by atoms with Gasteiger partial charge in [-0.3, -0.25) is 4.79 Å². The molecule has 0 unspecified atom stereocenters. The van der Waals surface area contributed by atoms with Crippen LogP contribution in [0.5, 0.6) is 0 Å². The normalized spacial score (nSPS) is 10.8. The van der Waals surface area contributed by atoms with E-state index in [4.69, 9.17) is 0 Å². The van der Waals surface area contributed by atoms with Crippen LogP contribution < -0.4 is 10.2 Å². The number of carbonyl (C=O) groups excluding carboxylic acids is 1. The maximum atomic E-state index is 12.1. The molecule has 0 atom stereocenters. The second-order valence-electron chi connectivity index (χ2n) is 5.64. The number of rotatable bonds is 10. The topological polar surface area (TPSA) is 61.4 Å². The van der Waals surface area contributed by atoms with Crippen molar-refractivity contribution in [2.24, 2.45) is 0 Å². The summed E-state index contributed by atoms with van der Waals surface area (Å²) in [4.78, 5) is 25.1. The van der Waals surface area contributed by atoms with Crippen LogP contribution >= 0.6 is 0 Å². The molecule has 0 aliphatic carbocycles. The molecule has 0 bridgehead atoms. The molecular weight excluding hydrogens is 278 g/mol. The Morgan fingerprint density at radius 2 is 1.86 bits per heavy atom. The third-order valence-electron chi connectivity index (χ3n) is 3.21. The van der Waals surface area contributed by atoms with Gasteiger partial charge in [-0.2, -0.15) is 0 Å². The summed E-state index contributed by atoms with van der Waals surface area (Å²) in [6.07, 6.45) is 4.65. The fourth-order valence-corrected chi connectivity index (χ4v) is 2.17. The highest BCUT2D eigenvalue weighted by molar-refractivity contribution is 5.92. The molecule has 0 aromatic carbocycles. The summed E-state index contributed by atoms with van der Waals surface area (Å²) >= 11 is 0. The number of nitrogens with one attached hydrogen (secondary N) is 1. The van der Waals surface area contributed by atoms with Gasteiger partial charge in [0.05, 0.1) is 0 Å².